The van der Waals surface area contributed by atoms with Crippen molar-refractivity contribution in [1.82, 2.24) is 20.1 Å². The molecule has 0 aliphatic rings. The lowest BCUT2D eigenvalue weighted by Crippen LogP contribution is -2.26. The Morgan fingerprint density at radius 1 is 1.47 bits per heavy atom. The largest absolute Gasteiger partial charge is 0.352 e. The summed E-state index contributed by atoms with van der Waals surface area (Å²) in [6.45, 7) is 2.49. The van der Waals surface area contributed by atoms with Crippen molar-refractivity contribution in [2.45, 2.75) is 13.3 Å². The number of hydrogen-bond acceptors (Lipinski definition) is 3. The molecule has 0 atom stereocenters. The van der Waals surface area contributed by atoms with E-state index in [1.54, 1.807) is 6.33 Å². The van der Waals surface area contributed by atoms with Crippen LogP contribution in [-0.4, -0.2) is 27.2 Å². The molecule has 0 bridgehead atoms. The molecule has 100 valence electrons. The molecular formula is C13H15BrN4O. The third-order valence-corrected chi connectivity index (χ3v) is 3.50. The molecule has 1 N–H and O–H groups in total. The van der Waals surface area contributed by atoms with Crippen LogP contribution in [0, 0.1) is 6.92 Å². The second-order valence-electron chi connectivity index (χ2n) is 4.35. The van der Waals surface area contributed by atoms with Crippen molar-refractivity contribution in [3.05, 3.63) is 46.0 Å². The molecule has 0 saturated heterocycles. The molecule has 1 amide bonds. The zero-order chi connectivity index (χ0) is 13.8. The molecule has 1 aromatic heterocycles. The Hall–Kier alpha value is -1.69. The zero-order valence-electron chi connectivity index (χ0n) is 10.9. The molecule has 0 aliphatic carbocycles. The lowest BCUT2D eigenvalue weighted by atomic mass is 10.1. The van der Waals surface area contributed by atoms with E-state index in [4.69, 9.17) is 0 Å². The van der Waals surface area contributed by atoms with Crippen molar-refractivity contribution >= 4 is 21.8 Å². The van der Waals surface area contributed by atoms with Crippen LogP contribution in [-0.2, 0) is 13.5 Å². The van der Waals surface area contributed by atoms with E-state index in [-0.39, 0.29) is 5.91 Å². The van der Waals surface area contributed by atoms with Gasteiger partial charge in [-0.05, 0) is 35.0 Å². The molecule has 6 heteroatoms. The summed E-state index contributed by atoms with van der Waals surface area (Å²) in [5, 5.41) is 10.6. The first-order valence-electron chi connectivity index (χ1n) is 5.95. The second-order valence-corrected chi connectivity index (χ2v) is 5.20. The minimum atomic E-state index is -0.0854. The van der Waals surface area contributed by atoms with Crippen LogP contribution in [0.3, 0.4) is 0 Å². The Kier molecular flexibility index (Phi) is 4.31. The Morgan fingerprint density at radius 2 is 2.26 bits per heavy atom. The van der Waals surface area contributed by atoms with Crippen LogP contribution in [0.5, 0.6) is 0 Å². The van der Waals surface area contributed by atoms with E-state index >= 15 is 0 Å². The number of halogens is 1. The predicted molar refractivity (Wildman–Crippen MR) is 75.9 cm³/mol. The van der Waals surface area contributed by atoms with Gasteiger partial charge in [0.05, 0.1) is 5.56 Å². The first kappa shape index (κ1) is 13.7. The summed E-state index contributed by atoms with van der Waals surface area (Å²) in [5.41, 5.74) is 1.71. The molecule has 0 radical (unpaired) electrons. The first-order chi connectivity index (χ1) is 9.08. The van der Waals surface area contributed by atoms with Crippen LogP contribution in [0.25, 0.3) is 0 Å². The highest BCUT2D eigenvalue weighted by Crippen LogP contribution is 2.17. The smallest absolute Gasteiger partial charge is 0.252 e. The SMILES string of the molecule is Cc1ccc(Br)c(C(=O)NCCc2nncn2C)c1. The van der Waals surface area contributed by atoms with Gasteiger partial charge in [0.25, 0.3) is 5.91 Å². The number of nitrogens with zero attached hydrogens (tertiary/aromatic N) is 3. The third kappa shape index (κ3) is 3.41. The van der Waals surface area contributed by atoms with Gasteiger partial charge in [0.2, 0.25) is 0 Å². The molecule has 0 saturated carbocycles. The fourth-order valence-corrected chi connectivity index (χ4v) is 2.16. The van der Waals surface area contributed by atoms with Gasteiger partial charge in [-0.3, -0.25) is 4.79 Å². The number of nitrogens with one attached hydrogen (secondary N) is 1. The molecule has 1 heterocycles. The van der Waals surface area contributed by atoms with E-state index < -0.39 is 0 Å². The van der Waals surface area contributed by atoms with E-state index in [1.165, 1.54) is 0 Å². The molecule has 0 fully saturated rings. The maximum Gasteiger partial charge on any atom is 0.252 e. The summed E-state index contributed by atoms with van der Waals surface area (Å²) in [6, 6.07) is 5.70. The minimum absolute atomic E-state index is 0.0854. The molecular weight excluding hydrogens is 308 g/mol. The molecule has 0 aliphatic heterocycles. The Labute approximate surface area is 120 Å². The van der Waals surface area contributed by atoms with Crippen molar-refractivity contribution in [2.75, 3.05) is 6.54 Å². The van der Waals surface area contributed by atoms with Crippen LogP contribution < -0.4 is 5.32 Å². The Morgan fingerprint density at radius 3 is 2.95 bits per heavy atom. The van der Waals surface area contributed by atoms with E-state index in [2.05, 4.69) is 31.4 Å². The molecule has 5 nitrogen and oxygen atoms in total. The van der Waals surface area contributed by atoms with Crippen LogP contribution in [0.4, 0.5) is 0 Å². The van der Waals surface area contributed by atoms with Gasteiger partial charge in [0.1, 0.15) is 12.2 Å². The molecule has 0 spiro atoms. The number of hydrogen-bond donors (Lipinski definition) is 1. The summed E-state index contributed by atoms with van der Waals surface area (Å²) in [5.74, 6) is 0.765. The number of benzene rings is 1. The van der Waals surface area contributed by atoms with Gasteiger partial charge in [0, 0.05) is 24.5 Å². The summed E-state index contributed by atoms with van der Waals surface area (Å²) in [6.07, 6.45) is 2.31. The van der Waals surface area contributed by atoms with Gasteiger partial charge in [-0.25, -0.2) is 0 Å². The van der Waals surface area contributed by atoms with Crippen LogP contribution >= 0.6 is 15.9 Å². The highest BCUT2D eigenvalue weighted by molar-refractivity contribution is 9.10. The predicted octanol–water partition coefficient (Wildman–Crippen LogP) is 1.86. The van der Waals surface area contributed by atoms with Crippen LogP contribution in [0.15, 0.2) is 29.0 Å². The third-order valence-electron chi connectivity index (χ3n) is 2.81. The summed E-state index contributed by atoms with van der Waals surface area (Å²) in [7, 11) is 1.88. The van der Waals surface area contributed by atoms with Crippen LogP contribution in [0.2, 0.25) is 0 Å². The lowest BCUT2D eigenvalue weighted by molar-refractivity contribution is 0.0953. The fourth-order valence-electron chi connectivity index (χ4n) is 1.73. The highest BCUT2D eigenvalue weighted by atomic mass is 79.9. The number of rotatable bonds is 4. The second kappa shape index (κ2) is 5.97. The molecule has 0 unspecified atom stereocenters. The van der Waals surface area contributed by atoms with E-state index in [9.17, 15) is 4.79 Å². The van der Waals surface area contributed by atoms with Crippen LogP contribution in [0.1, 0.15) is 21.7 Å². The number of aryl methyl sites for hydroxylation is 2. The van der Waals surface area contributed by atoms with Crippen molar-refractivity contribution < 1.29 is 4.79 Å². The van der Waals surface area contributed by atoms with E-state index in [0.29, 0.717) is 18.5 Å². The number of carbonyl (C=O) groups excluding carboxylic acids is 1. The van der Waals surface area contributed by atoms with Crippen molar-refractivity contribution in [2.24, 2.45) is 7.05 Å². The van der Waals surface area contributed by atoms with Crippen molar-refractivity contribution in [3.8, 4) is 0 Å². The summed E-state index contributed by atoms with van der Waals surface area (Å²) >= 11 is 3.39. The van der Waals surface area contributed by atoms with Gasteiger partial charge in [-0.2, -0.15) is 0 Å². The Bertz CT molecular complexity index is 594. The van der Waals surface area contributed by atoms with Gasteiger partial charge < -0.3 is 9.88 Å². The number of aromatic nitrogens is 3. The summed E-state index contributed by atoms with van der Waals surface area (Å²) in [4.78, 5) is 12.0. The monoisotopic (exact) mass is 322 g/mol. The molecule has 1 aromatic carbocycles. The zero-order valence-corrected chi connectivity index (χ0v) is 12.4. The fraction of sp³-hybridized carbons (Fsp3) is 0.308. The quantitative estimate of drug-likeness (QED) is 0.934. The van der Waals surface area contributed by atoms with E-state index in [1.807, 2.05) is 36.7 Å². The van der Waals surface area contributed by atoms with Crippen molar-refractivity contribution in [1.29, 1.82) is 0 Å². The number of carbonyl (C=O) groups is 1. The van der Waals surface area contributed by atoms with Gasteiger partial charge in [-0.1, -0.05) is 11.6 Å². The standard InChI is InChI=1S/C13H15BrN4O/c1-9-3-4-11(14)10(7-9)13(19)15-6-5-12-17-16-8-18(12)2/h3-4,7-8H,5-6H2,1-2H3,(H,15,19). The van der Waals surface area contributed by atoms with Gasteiger partial charge >= 0.3 is 0 Å². The normalized spacial score (nSPS) is 10.5. The number of amides is 1. The molecule has 19 heavy (non-hydrogen) atoms. The lowest BCUT2D eigenvalue weighted by Gasteiger charge is -2.07. The minimum Gasteiger partial charge on any atom is -0.352 e. The highest BCUT2D eigenvalue weighted by Gasteiger charge is 2.10. The van der Waals surface area contributed by atoms with Gasteiger partial charge in [-0.15, -0.1) is 10.2 Å². The average Bonchev–Trinajstić information content (AvgIpc) is 2.78. The maximum absolute atomic E-state index is 12.0. The van der Waals surface area contributed by atoms with Gasteiger partial charge in [0.15, 0.2) is 0 Å². The van der Waals surface area contributed by atoms with E-state index in [0.717, 1.165) is 15.9 Å². The Balaban J connectivity index is 1.94. The average molecular weight is 323 g/mol. The maximum atomic E-state index is 12.0. The first-order valence-corrected chi connectivity index (χ1v) is 6.74. The summed E-state index contributed by atoms with van der Waals surface area (Å²) < 4.78 is 2.64. The topological polar surface area (TPSA) is 59.8 Å². The molecule has 2 rings (SSSR count). The molecule has 2 aromatic rings. The van der Waals surface area contributed by atoms with Crippen molar-refractivity contribution in [3.63, 3.8) is 0 Å².